The van der Waals surface area contributed by atoms with Gasteiger partial charge in [-0.05, 0) is 36.5 Å². The number of carboxylic acid groups (broad SMARTS) is 1. The molecule has 2 aliphatic rings. The maximum absolute atomic E-state index is 11.9. The van der Waals surface area contributed by atoms with Gasteiger partial charge in [-0.25, -0.2) is 0 Å². The van der Waals surface area contributed by atoms with Crippen LogP contribution in [0.25, 0.3) is 0 Å². The molecule has 1 amide bonds. The highest BCUT2D eigenvalue weighted by atomic mass is 16.5. The fraction of sp³-hybridized carbons (Fsp3) is 0.500. The Hall–Kier alpha value is -2.04. The van der Waals surface area contributed by atoms with Gasteiger partial charge >= 0.3 is 5.97 Å². The fourth-order valence-electron chi connectivity index (χ4n) is 2.97. The van der Waals surface area contributed by atoms with Gasteiger partial charge in [-0.2, -0.15) is 0 Å². The second-order valence-corrected chi connectivity index (χ2v) is 5.71. The molecule has 0 aromatic heterocycles. The largest absolute Gasteiger partial charge is 0.493 e. The molecule has 3 rings (SSSR count). The predicted octanol–water partition coefficient (Wildman–Crippen LogP) is 1.39. The van der Waals surface area contributed by atoms with Crippen molar-refractivity contribution in [3.05, 3.63) is 29.3 Å². The minimum absolute atomic E-state index is 0.127. The minimum atomic E-state index is -0.861. The van der Waals surface area contributed by atoms with Gasteiger partial charge in [0.1, 0.15) is 5.75 Å². The number of aliphatic carboxylic acids is 1. The zero-order valence-corrected chi connectivity index (χ0v) is 11.8. The first-order chi connectivity index (χ1) is 10.1. The summed E-state index contributed by atoms with van der Waals surface area (Å²) in [5.41, 5.74) is 2.40. The predicted molar refractivity (Wildman–Crippen MR) is 76.2 cm³/mol. The number of ether oxygens (including phenoxy) is 1. The SMILES string of the molecule is O=C(O)C1CCC1C(=O)NCCc1ccc2c(c1)CCO2. The lowest BCUT2D eigenvalue weighted by atomic mass is 9.73. The number of amides is 1. The van der Waals surface area contributed by atoms with Gasteiger partial charge in [0.15, 0.2) is 0 Å². The van der Waals surface area contributed by atoms with Crippen LogP contribution in [0.1, 0.15) is 24.0 Å². The van der Waals surface area contributed by atoms with E-state index in [4.69, 9.17) is 9.84 Å². The Morgan fingerprint density at radius 3 is 2.81 bits per heavy atom. The van der Waals surface area contributed by atoms with Crippen molar-refractivity contribution in [3.63, 3.8) is 0 Å². The third-order valence-corrected chi connectivity index (χ3v) is 4.40. The van der Waals surface area contributed by atoms with Crippen LogP contribution in [-0.4, -0.2) is 30.1 Å². The Kier molecular flexibility index (Phi) is 3.82. The van der Waals surface area contributed by atoms with Crippen LogP contribution in [0, 0.1) is 11.8 Å². The lowest BCUT2D eigenvalue weighted by molar-refractivity contribution is -0.152. The number of nitrogens with one attached hydrogen (secondary N) is 1. The van der Waals surface area contributed by atoms with E-state index in [2.05, 4.69) is 11.4 Å². The second-order valence-electron chi connectivity index (χ2n) is 5.71. The number of benzene rings is 1. The summed E-state index contributed by atoms with van der Waals surface area (Å²) in [6, 6.07) is 6.11. The van der Waals surface area contributed by atoms with Gasteiger partial charge in [-0.1, -0.05) is 12.1 Å². The minimum Gasteiger partial charge on any atom is -0.493 e. The number of carboxylic acids is 1. The molecule has 1 aliphatic heterocycles. The van der Waals surface area contributed by atoms with Crippen LogP contribution in [0.4, 0.5) is 0 Å². The van der Waals surface area contributed by atoms with Crippen LogP contribution in [0.15, 0.2) is 18.2 Å². The number of carbonyl (C=O) groups excluding carboxylic acids is 1. The van der Waals surface area contributed by atoms with Gasteiger partial charge in [-0.3, -0.25) is 9.59 Å². The highest BCUT2D eigenvalue weighted by Crippen LogP contribution is 2.34. The molecule has 0 bridgehead atoms. The monoisotopic (exact) mass is 289 g/mol. The van der Waals surface area contributed by atoms with E-state index in [0.717, 1.165) is 25.2 Å². The number of fused-ring (bicyclic) bond motifs is 1. The number of hydrogen-bond acceptors (Lipinski definition) is 3. The molecule has 2 atom stereocenters. The molecule has 1 saturated carbocycles. The molecule has 1 fully saturated rings. The van der Waals surface area contributed by atoms with E-state index in [1.54, 1.807) is 0 Å². The average molecular weight is 289 g/mol. The van der Waals surface area contributed by atoms with Crippen LogP contribution >= 0.6 is 0 Å². The molecule has 2 N–H and O–H groups in total. The van der Waals surface area contributed by atoms with Crippen LogP contribution in [0.3, 0.4) is 0 Å². The lowest BCUT2D eigenvalue weighted by Crippen LogP contribution is -2.44. The van der Waals surface area contributed by atoms with Crippen LogP contribution in [-0.2, 0) is 22.4 Å². The van der Waals surface area contributed by atoms with Crippen molar-refractivity contribution in [2.24, 2.45) is 11.8 Å². The van der Waals surface area contributed by atoms with Gasteiger partial charge in [0.25, 0.3) is 0 Å². The molecule has 2 unspecified atom stereocenters. The number of hydrogen-bond donors (Lipinski definition) is 2. The third kappa shape index (κ3) is 2.86. The van der Waals surface area contributed by atoms with Crippen molar-refractivity contribution in [1.82, 2.24) is 5.32 Å². The molecule has 21 heavy (non-hydrogen) atoms. The summed E-state index contributed by atoms with van der Waals surface area (Å²) in [6.07, 6.45) is 2.98. The zero-order chi connectivity index (χ0) is 14.8. The zero-order valence-electron chi connectivity index (χ0n) is 11.8. The van der Waals surface area contributed by atoms with E-state index >= 15 is 0 Å². The van der Waals surface area contributed by atoms with E-state index < -0.39 is 11.9 Å². The first-order valence-corrected chi connectivity index (χ1v) is 7.40. The molecular weight excluding hydrogens is 270 g/mol. The summed E-state index contributed by atoms with van der Waals surface area (Å²) in [5, 5.41) is 11.8. The van der Waals surface area contributed by atoms with Crippen molar-refractivity contribution in [2.45, 2.75) is 25.7 Å². The summed E-state index contributed by atoms with van der Waals surface area (Å²) in [7, 11) is 0. The van der Waals surface area contributed by atoms with Crippen molar-refractivity contribution in [2.75, 3.05) is 13.2 Å². The van der Waals surface area contributed by atoms with Crippen molar-refractivity contribution < 1.29 is 19.4 Å². The van der Waals surface area contributed by atoms with E-state index in [9.17, 15) is 9.59 Å². The second kappa shape index (κ2) is 5.76. The Labute approximate surface area is 123 Å². The Morgan fingerprint density at radius 2 is 2.10 bits per heavy atom. The Morgan fingerprint density at radius 1 is 1.29 bits per heavy atom. The molecule has 5 nitrogen and oxygen atoms in total. The summed E-state index contributed by atoms with van der Waals surface area (Å²) in [6.45, 7) is 1.29. The normalized spacial score (nSPS) is 22.9. The average Bonchev–Trinajstić information content (AvgIpc) is 2.84. The molecule has 1 aromatic rings. The molecule has 5 heteroatoms. The van der Waals surface area contributed by atoms with Crippen LogP contribution in [0.2, 0.25) is 0 Å². The summed E-state index contributed by atoms with van der Waals surface area (Å²) < 4.78 is 5.46. The third-order valence-electron chi connectivity index (χ3n) is 4.40. The van der Waals surface area contributed by atoms with E-state index in [0.29, 0.717) is 19.4 Å². The van der Waals surface area contributed by atoms with Crippen LogP contribution < -0.4 is 10.1 Å². The Bertz CT molecular complexity index is 569. The summed E-state index contributed by atoms with van der Waals surface area (Å²) in [5.74, 6) is -0.877. The highest BCUT2D eigenvalue weighted by molar-refractivity contribution is 5.86. The molecule has 0 spiro atoms. The number of rotatable bonds is 5. The molecule has 1 aromatic carbocycles. The maximum atomic E-state index is 11.9. The molecule has 0 saturated heterocycles. The summed E-state index contributed by atoms with van der Waals surface area (Å²) >= 11 is 0. The Balaban J connectivity index is 1.48. The van der Waals surface area contributed by atoms with E-state index in [1.807, 2.05) is 12.1 Å². The van der Waals surface area contributed by atoms with E-state index in [-0.39, 0.29) is 11.8 Å². The van der Waals surface area contributed by atoms with Gasteiger partial charge < -0.3 is 15.2 Å². The molecule has 0 radical (unpaired) electrons. The van der Waals surface area contributed by atoms with Crippen molar-refractivity contribution in [3.8, 4) is 5.75 Å². The summed E-state index contributed by atoms with van der Waals surface area (Å²) in [4.78, 5) is 22.8. The van der Waals surface area contributed by atoms with Gasteiger partial charge in [0, 0.05) is 13.0 Å². The quantitative estimate of drug-likeness (QED) is 0.859. The first kappa shape index (κ1) is 13.9. The fourth-order valence-corrected chi connectivity index (χ4v) is 2.97. The number of carbonyl (C=O) groups is 2. The van der Waals surface area contributed by atoms with Gasteiger partial charge in [0.05, 0.1) is 18.4 Å². The maximum Gasteiger partial charge on any atom is 0.307 e. The smallest absolute Gasteiger partial charge is 0.307 e. The lowest BCUT2D eigenvalue weighted by Gasteiger charge is -2.31. The standard InChI is InChI=1S/C16H19NO4/c18-15(12-2-3-13(12)16(19)20)17-7-5-10-1-4-14-11(9-10)6-8-21-14/h1,4,9,12-13H,2-3,5-8H2,(H,17,18)(H,19,20). The van der Waals surface area contributed by atoms with Crippen LogP contribution in [0.5, 0.6) is 5.75 Å². The molecular formula is C16H19NO4. The topological polar surface area (TPSA) is 75.6 Å². The first-order valence-electron chi connectivity index (χ1n) is 7.40. The van der Waals surface area contributed by atoms with Gasteiger partial charge in [0.2, 0.25) is 5.91 Å². The molecule has 1 aliphatic carbocycles. The molecule has 112 valence electrons. The van der Waals surface area contributed by atoms with Crippen molar-refractivity contribution in [1.29, 1.82) is 0 Å². The van der Waals surface area contributed by atoms with E-state index in [1.165, 1.54) is 11.1 Å². The molecule has 1 heterocycles. The van der Waals surface area contributed by atoms with Gasteiger partial charge in [-0.15, -0.1) is 0 Å². The highest BCUT2D eigenvalue weighted by Gasteiger charge is 2.41. The van der Waals surface area contributed by atoms with Crippen molar-refractivity contribution >= 4 is 11.9 Å².